The molecule has 0 unspecified atom stereocenters. The molecule has 0 spiro atoms. The fourth-order valence-corrected chi connectivity index (χ4v) is 2.84. The van der Waals surface area contributed by atoms with Crippen molar-refractivity contribution >= 4 is 44.3 Å². The van der Waals surface area contributed by atoms with E-state index in [0.29, 0.717) is 17.3 Å². The van der Waals surface area contributed by atoms with Crippen molar-refractivity contribution in [2.45, 2.75) is 6.54 Å². The van der Waals surface area contributed by atoms with Gasteiger partial charge in [-0.25, -0.2) is 13.4 Å². The number of halogens is 1. The van der Waals surface area contributed by atoms with Crippen molar-refractivity contribution in [3.63, 3.8) is 0 Å². The number of rotatable bonds is 5. The summed E-state index contributed by atoms with van der Waals surface area (Å²) >= 11 is 7.58. The number of nitrogens with one attached hydrogen (secondary N) is 2. The zero-order valence-electron chi connectivity index (χ0n) is 10.1. The van der Waals surface area contributed by atoms with Crippen LogP contribution in [0.4, 0.5) is 11.4 Å². The summed E-state index contributed by atoms with van der Waals surface area (Å²) in [7, 11) is -3.32. The fraction of sp³-hybridized carbons (Fsp3) is 0.182. The van der Waals surface area contributed by atoms with Gasteiger partial charge >= 0.3 is 0 Å². The molecule has 0 fully saturated rings. The molecule has 0 saturated carbocycles. The highest BCUT2D eigenvalue weighted by Gasteiger charge is 2.07. The number of nitrogens with zero attached hydrogens (tertiary/aromatic N) is 1. The summed E-state index contributed by atoms with van der Waals surface area (Å²) in [5.41, 5.74) is 1.17. The van der Waals surface area contributed by atoms with E-state index >= 15 is 0 Å². The number of aromatic nitrogens is 1. The quantitative estimate of drug-likeness (QED) is 0.889. The number of hydrogen-bond acceptors (Lipinski definition) is 5. The van der Waals surface area contributed by atoms with Gasteiger partial charge in [-0.1, -0.05) is 11.6 Å². The molecule has 8 heteroatoms. The Morgan fingerprint density at radius 2 is 2.21 bits per heavy atom. The van der Waals surface area contributed by atoms with Gasteiger partial charge in [0.25, 0.3) is 0 Å². The lowest BCUT2D eigenvalue weighted by molar-refractivity contribution is 0.607. The van der Waals surface area contributed by atoms with Crippen LogP contribution in [0.3, 0.4) is 0 Å². The summed E-state index contributed by atoms with van der Waals surface area (Å²) in [6.07, 6.45) is 2.83. The van der Waals surface area contributed by atoms with E-state index in [9.17, 15) is 8.42 Å². The van der Waals surface area contributed by atoms with Crippen LogP contribution in [0.2, 0.25) is 5.02 Å². The van der Waals surface area contributed by atoms with E-state index in [2.05, 4.69) is 15.0 Å². The summed E-state index contributed by atoms with van der Waals surface area (Å²) in [6.45, 7) is 0.604. The van der Waals surface area contributed by atoms with Crippen LogP contribution in [-0.2, 0) is 16.6 Å². The van der Waals surface area contributed by atoms with Gasteiger partial charge in [0.05, 0.1) is 23.5 Å². The molecule has 1 aromatic heterocycles. The summed E-state index contributed by atoms with van der Waals surface area (Å²) in [6, 6.07) is 5.04. The fourth-order valence-electron chi connectivity index (χ4n) is 1.43. The van der Waals surface area contributed by atoms with Crippen LogP contribution < -0.4 is 10.0 Å². The Kier molecular flexibility index (Phi) is 4.28. The van der Waals surface area contributed by atoms with Crippen molar-refractivity contribution in [2.75, 3.05) is 16.3 Å². The first kappa shape index (κ1) is 14.1. The molecule has 2 N–H and O–H groups in total. The summed E-state index contributed by atoms with van der Waals surface area (Å²) in [4.78, 5) is 4.15. The molecule has 5 nitrogen and oxygen atoms in total. The maximum Gasteiger partial charge on any atom is 0.229 e. The molecule has 1 heterocycles. The largest absolute Gasteiger partial charge is 0.378 e. The third-order valence-corrected chi connectivity index (χ3v) is 3.87. The maximum absolute atomic E-state index is 11.1. The summed E-state index contributed by atoms with van der Waals surface area (Å²) < 4.78 is 24.6. The van der Waals surface area contributed by atoms with Gasteiger partial charge in [-0.15, -0.1) is 11.3 Å². The van der Waals surface area contributed by atoms with Crippen molar-refractivity contribution < 1.29 is 8.42 Å². The second kappa shape index (κ2) is 5.77. The summed E-state index contributed by atoms with van der Waals surface area (Å²) in [5.74, 6) is 0. The van der Waals surface area contributed by atoms with Crippen LogP contribution in [0.25, 0.3) is 0 Å². The van der Waals surface area contributed by atoms with Gasteiger partial charge in [0.15, 0.2) is 0 Å². The second-order valence-electron chi connectivity index (χ2n) is 3.85. The van der Waals surface area contributed by atoms with Gasteiger partial charge < -0.3 is 5.32 Å². The van der Waals surface area contributed by atoms with Crippen molar-refractivity contribution in [1.82, 2.24) is 4.98 Å². The number of hydrogen-bond donors (Lipinski definition) is 2. The molecule has 102 valence electrons. The lowest BCUT2D eigenvalue weighted by atomic mass is 10.3. The molecule has 0 aliphatic carbocycles. The molecule has 19 heavy (non-hydrogen) atoms. The highest BCUT2D eigenvalue weighted by atomic mass is 35.5. The second-order valence-corrected chi connectivity index (χ2v) is 6.98. The molecule has 0 saturated heterocycles. The molecule has 2 aromatic rings. The van der Waals surface area contributed by atoms with Gasteiger partial charge in [-0.3, -0.25) is 4.72 Å². The molecule has 0 amide bonds. The van der Waals surface area contributed by atoms with Crippen molar-refractivity contribution in [3.8, 4) is 0 Å². The number of thiazole rings is 1. The molecule has 0 aliphatic rings. The van der Waals surface area contributed by atoms with E-state index in [1.165, 1.54) is 0 Å². The Morgan fingerprint density at radius 1 is 1.42 bits per heavy atom. The first-order valence-corrected chi connectivity index (χ1v) is 8.48. The van der Waals surface area contributed by atoms with Crippen molar-refractivity contribution in [1.29, 1.82) is 0 Å². The van der Waals surface area contributed by atoms with Gasteiger partial charge in [-0.2, -0.15) is 0 Å². The third kappa shape index (κ3) is 4.38. The minimum absolute atomic E-state index is 0.342. The predicted octanol–water partition coefficient (Wildman–Crippen LogP) is 2.78. The maximum atomic E-state index is 11.1. The normalized spacial score (nSPS) is 11.3. The van der Waals surface area contributed by atoms with E-state index in [0.717, 1.165) is 17.0 Å². The Labute approximate surface area is 120 Å². The average molecular weight is 318 g/mol. The molecule has 0 aliphatic heterocycles. The highest BCUT2D eigenvalue weighted by molar-refractivity contribution is 7.92. The highest BCUT2D eigenvalue weighted by Crippen LogP contribution is 2.26. The Morgan fingerprint density at radius 3 is 2.79 bits per heavy atom. The molecule has 1 aromatic carbocycles. The first-order valence-electron chi connectivity index (χ1n) is 5.33. The van der Waals surface area contributed by atoms with Gasteiger partial charge in [-0.05, 0) is 18.2 Å². The van der Waals surface area contributed by atoms with Crippen molar-refractivity contribution in [2.24, 2.45) is 0 Å². The molecule has 0 bridgehead atoms. The topological polar surface area (TPSA) is 71.1 Å². The molecular weight excluding hydrogens is 306 g/mol. The standard InChI is InChI=1S/C11H12ClN3O2S2/c1-19(16,17)15-10-3-2-8(6-9(10)12)14-7-11-13-4-5-18-11/h2-6,14-15H,7H2,1H3. The van der Waals surface area contributed by atoms with E-state index in [-0.39, 0.29) is 0 Å². The average Bonchev–Trinajstić information content (AvgIpc) is 2.81. The SMILES string of the molecule is CS(=O)(=O)Nc1ccc(NCc2nccs2)cc1Cl. The van der Waals surface area contributed by atoms with Gasteiger partial charge in [0.1, 0.15) is 5.01 Å². The zero-order chi connectivity index (χ0) is 13.9. The third-order valence-electron chi connectivity index (χ3n) is 2.19. The predicted molar refractivity (Wildman–Crippen MR) is 79.4 cm³/mol. The first-order chi connectivity index (χ1) is 8.94. The lowest BCUT2D eigenvalue weighted by Gasteiger charge is -2.09. The van der Waals surface area contributed by atoms with Crippen LogP contribution in [0, 0.1) is 0 Å². The van der Waals surface area contributed by atoms with Gasteiger partial charge in [0.2, 0.25) is 10.0 Å². The molecule has 0 atom stereocenters. The molecule has 0 radical (unpaired) electrons. The smallest absolute Gasteiger partial charge is 0.229 e. The molecule has 2 rings (SSSR count). The lowest BCUT2D eigenvalue weighted by Crippen LogP contribution is -2.10. The van der Waals surface area contributed by atoms with Crippen LogP contribution in [0.5, 0.6) is 0 Å². The zero-order valence-corrected chi connectivity index (χ0v) is 12.4. The van der Waals surface area contributed by atoms with E-state index in [4.69, 9.17) is 11.6 Å². The van der Waals surface area contributed by atoms with Gasteiger partial charge in [0, 0.05) is 17.3 Å². The Hall–Kier alpha value is -1.31. The number of sulfonamides is 1. The van der Waals surface area contributed by atoms with E-state index < -0.39 is 10.0 Å². The van der Waals surface area contributed by atoms with Crippen LogP contribution in [0.15, 0.2) is 29.8 Å². The number of benzene rings is 1. The van der Waals surface area contributed by atoms with Crippen LogP contribution in [-0.4, -0.2) is 19.7 Å². The Balaban J connectivity index is 2.06. The number of anilines is 2. The van der Waals surface area contributed by atoms with E-state index in [1.54, 1.807) is 35.7 Å². The minimum atomic E-state index is -3.32. The van der Waals surface area contributed by atoms with E-state index in [1.807, 2.05) is 5.38 Å². The van der Waals surface area contributed by atoms with Crippen LogP contribution >= 0.6 is 22.9 Å². The molecular formula is C11H12ClN3O2S2. The van der Waals surface area contributed by atoms with Crippen LogP contribution in [0.1, 0.15) is 5.01 Å². The Bertz CT molecular complexity index is 657. The monoisotopic (exact) mass is 317 g/mol. The van der Waals surface area contributed by atoms with Crippen molar-refractivity contribution in [3.05, 3.63) is 39.8 Å². The summed E-state index contributed by atoms with van der Waals surface area (Å²) in [5, 5.41) is 6.38. The minimum Gasteiger partial charge on any atom is -0.378 e.